The number of anilines is 1. The van der Waals surface area contributed by atoms with Gasteiger partial charge in [0.15, 0.2) is 0 Å². The summed E-state index contributed by atoms with van der Waals surface area (Å²) in [4.78, 5) is 40.7. The number of nitrogens with two attached hydrogens (primary N) is 1. The second kappa shape index (κ2) is 5.84. The fraction of sp³-hybridized carbons (Fsp3) is 0.526. The quantitative estimate of drug-likeness (QED) is 0.630. The third kappa shape index (κ3) is 2.17. The van der Waals surface area contributed by atoms with Crippen LogP contribution in [-0.2, 0) is 19.9 Å². The fourth-order valence-electron chi connectivity index (χ4n) is 4.94. The van der Waals surface area contributed by atoms with Crippen molar-refractivity contribution in [2.24, 2.45) is 11.8 Å². The van der Waals surface area contributed by atoms with Gasteiger partial charge >= 0.3 is 0 Å². The number of likely N-dealkylation sites (tertiary alicyclic amines) is 1. The Bertz CT molecular complexity index is 857. The molecule has 2 fully saturated rings. The minimum atomic E-state index is -1.45. The minimum Gasteiger partial charge on any atom is -0.387 e. The molecule has 0 aromatic heterocycles. The van der Waals surface area contributed by atoms with Crippen molar-refractivity contribution < 1.29 is 29.2 Å². The van der Waals surface area contributed by atoms with E-state index < -0.39 is 47.2 Å². The lowest BCUT2D eigenvalue weighted by molar-refractivity contribution is -0.738. The van der Waals surface area contributed by atoms with Crippen LogP contribution in [0, 0.1) is 17.7 Å². The van der Waals surface area contributed by atoms with Gasteiger partial charge in [0, 0.05) is 11.6 Å². The molecule has 1 aromatic rings. The van der Waals surface area contributed by atoms with Crippen LogP contribution in [0.15, 0.2) is 18.2 Å². The molecule has 6 atom stereocenters. The highest BCUT2D eigenvalue weighted by atomic mass is 19.1. The largest absolute Gasteiger partial charge is 0.387 e. The molecular formula is C19H23FN3O4+. The Balaban J connectivity index is 1.92. The van der Waals surface area contributed by atoms with Crippen molar-refractivity contribution in [3.63, 3.8) is 0 Å². The topological polar surface area (TPSA) is 103 Å². The zero-order valence-corrected chi connectivity index (χ0v) is 15.4. The summed E-state index contributed by atoms with van der Waals surface area (Å²) in [5.41, 5.74) is -0.652. The molecule has 2 saturated heterocycles. The summed E-state index contributed by atoms with van der Waals surface area (Å²) in [5, 5.41) is 14.6. The van der Waals surface area contributed by atoms with Gasteiger partial charge in [0.1, 0.15) is 29.8 Å². The minimum absolute atomic E-state index is 0.307. The number of carbonyl (C=O) groups excluding carboxylic acids is 3. The maximum atomic E-state index is 14.0. The predicted octanol–water partition coefficient (Wildman–Crippen LogP) is -0.301. The van der Waals surface area contributed by atoms with E-state index in [4.69, 9.17) is 0 Å². The van der Waals surface area contributed by atoms with E-state index >= 15 is 0 Å². The number of amides is 3. The van der Waals surface area contributed by atoms with Crippen LogP contribution in [0.5, 0.6) is 0 Å². The molecule has 3 amide bonds. The van der Waals surface area contributed by atoms with Crippen LogP contribution in [0.3, 0.4) is 0 Å². The van der Waals surface area contributed by atoms with Crippen molar-refractivity contribution in [2.75, 3.05) is 5.32 Å². The first-order valence-corrected chi connectivity index (χ1v) is 9.26. The van der Waals surface area contributed by atoms with Gasteiger partial charge in [0.2, 0.25) is 17.4 Å². The Kier molecular flexibility index (Phi) is 3.91. The SMILES string of the molecule is CC[C@H](C)N1C(=O)[C@@H]2[C@@H]([C@@H](C)O)[NH2+][C@]3(C(=O)Nc4ccc(F)cc43)[C@@H]2C1=O. The van der Waals surface area contributed by atoms with Crippen LogP contribution in [0.1, 0.15) is 32.8 Å². The van der Waals surface area contributed by atoms with E-state index in [1.165, 1.54) is 23.1 Å². The standard InChI is InChI=1S/C19H22FN3O4/c1-4-8(2)23-16(25)13-14(17(23)26)19(22-15(13)9(3)24)11-7-10(20)5-6-12(11)21-18(19)27/h5-9,13-15,22,24H,4H2,1-3H3,(H,21,27)/p+1/t8-,9+,13-,14-,15+,19-/m0/s1. The smallest absolute Gasteiger partial charge is 0.291 e. The van der Waals surface area contributed by atoms with Gasteiger partial charge in [0.05, 0.1) is 5.69 Å². The molecule has 1 spiro atoms. The third-order valence-electron chi connectivity index (χ3n) is 6.39. The Labute approximate surface area is 155 Å². The highest BCUT2D eigenvalue weighted by Gasteiger charge is 2.75. The van der Waals surface area contributed by atoms with Crippen molar-refractivity contribution in [3.8, 4) is 0 Å². The third-order valence-corrected chi connectivity index (χ3v) is 6.39. The highest BCUT2D eigenvalue weighted by molar-refractivity contribution is 6.14. The van der Waals surface area contributed by atoms with Crippen molar-refractivity contribution in [3.05, 3.63) is 29.6 Å². The van der Waals surface area contributed by atoms with Gasteiger partial charge in [0.25, 0.3) is 5.91 Å². The molecule has 0 unspecified atom stereocenters. The van der Waals surface area contributed by atoms with Crippen LogP contribution < -0.4 is 10.6 Å². The summed E-state index contributed by atoms with van der Waals surface area (Å²) in [6.45, 7) is 5.20. The lowest BCUT2D eigenvalue weighted by Crippen LogP contribution is -3.00. The molecule has 4 N–H and O–H groups in total. The molecule has 3 aliphatic rings. The summed E-state index contributed by atoms with van der Waals surface area (Å²) < 4.78 is 14.0. The van der Waals surface area contributed by atoms with Gasteiger partial charge in [-0.2, -0.15) is 0 Å². The fourth-order valence-corrected chi connectivity index (χ4v) is 4.94. The molecule has 3 heterocycles. The molecule has 27 heavy (non-hydrogen) atoms. The number of halogens is 1. The van der Waals surface area contributed by atoms with Crippen molar-refractivity contribution in [1.82, 2.24) is 4.90 Å². The van der Waals surface area contributed by atoms with E-state index in [9.17, 15) is 23.9 Å². The number of carbonyl (C=O) groups is 3. The van der Waals surface area contributed by atoms with E-state index in [1.54, 1.807) is 19.2 Å². The Hall–Kier alpha value is -2.32. The first-order chi connectivity index (χ1) is 12.7. The van der Waals surface area contributed by atoms with Crippen molar-refractivity contribution >= 4 is 23.4 Å². The van der Waals surface area contributed by atoms with Crippen LogP contribution in [0.2, 0.25) is 0 Å². The molecule has 1 aromatic carbocycles. The molecule has 3 aliphatic heterocycles. The number of fused-ring (bicyclic) bond motifs is 4. The molecule has 0 saturated carbocycles. The Morgan fingerprint density at radius 2 is 2.00 bits per heavy atom. The van der Waals surface area contributed by atoms with E-state index in [1.807, 2.05) is 6.92 Å². The number of hydrogen-bond acceptors (Lipinski definition) is 4. The van der Waals surface area contributed by atoms with E-state index in [2.05, 4.69) is 5.32 Å². The molecule has 0 bridgehead atoms. The van der Waals surface area contributed by atoms with Crippen molar-refractivity contribution in [1.29, 1.82) is 0 Å². The number of hydrogen-bond donors (Lipinski definition) is 3. The van der Waals surface area contributed by atoms with Crippen LogP contribution in [0.4, 0.5) is 10.1 Å². The first kappa shape index (κ1) is 18.1. The zero-order chi connectivity index (χ0) is 19.7. The normalized spacial score (nSPS) is 34.0. The summed E-state index contributed by atoms with van der Waals surface area (Å²) in [5.74, 6) is -3.56. The van der Waals surface area contributed by atoms with Gasteiger partial charge in [-0.1, -0.05) is 6.92 Å². The lowest BCUT2D eigenvalue weighted by Gasteiger charge is -2.29. The molecule has 0 radical (unpaired) electrons. The van der Waals surface area contributed by atoms with Gasteiger partial charge < -0.3 is 15.7 Å². The Morgan fingerprint density at radius 3 is 2.63 bits per heavy atom. The van der Waals surface area contributed by atoms with Crippen LogP contribution in [0.25, 0.3) is 0 Å². The van der Waals surface area contributed by atoms with Gasteiger partial charge in [-0.05, 0) is 38.5 Å². The van der Waals surface area contributed by atoms with Crippen molar-refractivity contribution in [2.45, 2.75) is 50.9 Å². The van der Waals surface area contributed by atoms with E-state index in [0.717, 1.165) is 0 Å². The summed E-state index contributed by atoms with van der Waals surface area (Å²) >= 11 is 0. The first-order valence-electron chi connectivity index (χ1n) is 9.26. The van der Waals surface area contributed by atoms with Crippen LogP contribution >= 0.6 is 0 Å². The summed E-state index contributed by atoms with van der Waals surface area (Å²) in [6, 6.07) is 2.97. The van der Waals surface area contributed by atoms with E-state index in [-0.39, 0.29) is 11.9 Å². The zero-order valence-electron chi connectivity index (χ0n) is 15.4. The maximum Gasteiger partial charge on any atom is 0.291 e. The molecule has 8 heteroatoms. The Morgan fingerprint density at radius 1 is 1.30 bits per heavy atom. The van der Waals surface area contributed by atoms with Gasteiger partial charge in [-0.3, -0.25) is 19.3 Å². The molecular weight excluding hydrogens is 353 g/mol. The molecule has 144 valence electrons. The number of benzene rings is 1. The summed E-state index contributed by atoms with van der Waals surface area (Å²) in [6.07, 6.45) is -0.333. The van der Waals surface area contributed by atoms with Crippen LogP contribution in [-0.4, -0.2) is 45.9 Å². The molecule has 4 rings (SSSR count). The monoisotopic (exact) mass is 376 g/mol. The molecule has 7 nitrogen and oxygen atoms in total. The number of aliphatic hydroxyl groups excluding tert-OH is 1. The second-order valence-electron chi connectivity index (χ2n) is 7.80. The van der Waals surface area contributed by atoms with E-state index in [0.29, 0.717) is 17.7 Å². The lowest BCUT2D eigenvalue weighted by atomic mass is 9.76. The number of nitrogens with one attached hydrogen (secondary N) is 1. The average molecular weight is 376 g/mol. The predicted molar refractivity (Wildman–Crippen MR) is 92.7 cm³/mol. The maximum absolute atomic E-state index is 14.0. The average Bonchev–Trinajstić information content (AvgIpc) is 3.20. The summed E-state index contributed by atoms with van der Waals surface area (Å²) in [7, 11) is 0. The van der Waals surface area contributed by atoms with Gasteiger partial charge in [-0.15, -0.1) is 0 Å². The molecule has 0 aliphatic carbocycles. The van der Waals surface area contributed by atoms with Gasteiger partial charge in [-0.25, -0.2) is 4.39 Å². The number of nitrogens with zero attached hydrogens (tertiary/aromatic N) is 1. The number of imide groups is 1. The highest BCUT2D eigenvalue weighted by Crippen LogP contribution is 2.49. The number of quaternary nitrogens is 1. The number of rotatable bonds is 3. The number of aliphatic hydroxyl groups is 1. The second-order valence-corrected chi connectivity index (χ2v) is 7.80.